The number of para-hydroxylation sites is 2. The molecule has 1 aromatic rings. The number of alkyl halides is 3. The van der Waals surface area contributed by atoms with E-state index in [1.165, 1.54) is 30.0 Å². The highest BCUT2D eigenvalue weighted by Gasteiger charge is 2.32. The summed E-state index contributed by atoms with van der Waals surface area (Å²) in [7, 11) is 0. The first-order valence-electron chi connectivity index (χ1n) is 5.26. The lowest BCUT2D eigenvalue weighted by Crippen LogP contribution is -2.18. The third-order valence-corrected chi connectivity index (χ3v) is 3.28. The van der Waals surface area contributed by atoms with Crippen LogP contribution in [0.25, 0.3) is 0 Å². The largest absolute Gasteiger partial charge is 0.573 e. The molecule has 0 aliphatic carbocycles. The molecule has 18 heavy (non-hydrogen) atoms. The maximum absolute atomic E-state index is 12.2. The quantitative estimate of drug-likeness (QED) is 0.897. The molecule has 0 saturated carbocycles. The highest BCUT2D eigenvalue weighted by atomic mass is 32.2. The summed E-state index contributed by atoms with van der Waals surface area (Å²) in [4.78, 5) is 4.25. The van der Waals surface area contributed by atoms with Crippen LogP contribution in [0, 0.1) is 0 Å². The van der Waals surface area contributed by atoms with Gasteiger partial charge in [0.1, 0.15) is 0 Å². The lowest BCUT2D eigenvalue weighted by molar-refractivity contribution is -0.274. The van der Waals surface area contributed by atoms with Crippen molar-refractivity contribution >= 4 is 22.6 Å². The first kappa shape index (κ1) is 13.1. The highest BCUT2D eigenvalue weighted by Crippen LogP contribution is 2.31. The highest BCUT2D eigenvalue weighted by molar-refractivity contribution is 8.14. The van der Waals surface area contributed by atoms with Crippen molar-refractivity contribution in [3.8, 4) is 5.75 Å². The molecule has 1 aromatic carbocycles. The van der Waals surface area contributed by atoms with Crippen molar-refractivity contribution in [2.75, 3.05) is 11.1 Å². The molecule has 3 nitrogen and oxygen atoms in total. The molecule has 0 fully saturated rings. The number of aliphatic imine (C=N–C) groups is 1. The smallest absolute Gasteiger partial charge is 0.404 e. The molecule has 0 saturated heterocycles. The van der Waals surface area contributed by atoms with E-state index in [-0.39, 0.29) is 17.5 Å². The Morgan fingerprint density at radius 2 is 2.11 bits per heavy atom. The lowest BCUT2D eigenvalue weighted by Gasteiger charge is -2.13. The van der Waals surface area contributed by atoms with Crippen molar-refractivity contribution in [1.29, 1.82) is 0 Å². The van der Waals surface area contributed by atoms with E-state index >= 15 is 0 Å². The maximum Gasteiger partial charge on any atom is 0.573 e. The number of hydrogen-bond donors (Lipinski definition) is 1. The molecule has 1 heterocycles. The standard InChI is InChI=1S/C11H11F3N2OS/c1-7-6-18-10(15-7)16-8-4-2-3-5-9(8)17-11(12,13)14/h2-5,7H,6H2,1H3,(H,15,16). The van der Waals surface area contributed by atoms with Crippen LogP contribution in [0.15, 0.2) is 29.3 Å². The number of rotatable bonds is 2. The number of anilines is 1. The second-order valence-corrected chi connectivity index (χ2v) is 4.77. The van der Waals surface area contributed by atoms with Gasteiger partial charge in [-0.05, 0) is 19.1 Å². The van der Waals surface area contributed by atoms with E-state index < -0.39 is 6.36 Å². The Morgan fingerprint density at radius 1 is 1.39 bits per heavy atom. The van der Waals surface area contributed by atoms with Gasteiger partial charge in [0.25, 0.3) is 0 Å². The van der Waals surface area contributed by atoms with Gasteiger partial charge in [0.15, 0.2) is 10.9 Å². The first-order valence-corrected chi connectivity index (χ1v) is 6.25. The molecule has 1 aliphatic rings. The first-order chi connectivity index (χ1) is 8.44. The Labute approximate surface area is 106 Å². The zero-order valence-electron chi connectivity index (χ0n) is 9.49. The third-order valence-electron chi connectivity index (χ3n) is 2.15. The summed E-state index contributed by atoms with van der Waals surface area (Å²) in [5.74, 6) is 0.567. The number of hydrogen-bond acceptors (Lipinski definition) is 4. The Bertz CT molecular complexity index is 462. The number of ether oxygens (including phenoxy) is 1. The van der Waals surface area contributed by atoms with Gasteiger partial charge in [-0.1, -0.05) is 23.9 Å². The fourth-order valence-corrected chi connectivity index (χ4v) is 2.35. The second-order valence-electron chi connectivity index (χ2n) is 3.76. The minimum absolute atomic E-state index is 0.174. The van der Waals surface area contributed by atoms with Crippen molar-refractivity contribution < 1.29 is 17.9 Å². The molecule has 7 heteroatoms. The third kappa shape index (κ3) is 3.56. The molecule has 0 amide bonds. The average Bonchev–Trinajstić information content (AvgIpc) is 2.65. The van der Waals surface area contributed by atoms with Gasteiger partial charge in [-0.15, -0.1) is 13.2 Å². The van der Waals surface area contributed by atoms with Crippen LogP contribution in [0.3, 0.4) is 0 Å². The SMILES string of the molecule is CC1CSC(Nc2ccccc2OC(F)(F)F)=N1. The second kappa shape index (κ2) is 5.09. The zero-order chi connectivity index (χ0) is 13.2. The average molecular weight is 276 g/mol. The van der Waals surface area contributed by atoms with Gasteiger partial charge < -0.3 is 10.1 Å². The van der Waals surface area contributed by atoms with E-state index in [1.807, 2.05) is 6.92 Å². The minimum Gasteiger partial charge on any atom is -0.404 e. The van der Waals surface area contributed by atoms with Gasteiger partial charge in [0.2, 0.25) is 0 Å². The van der Waals surface area contributed by atoms with Gasteiger partial charge in [0, 0.05) is 5.75 Å². The Kier molecular flexibility index (Phi) is 3.70. The molecule has 1 unspecified atom stereocenters. The molecule has 98 valence electrons. The van der Waals surface area contributed by atoms with Gasteiger partial charge in [-0.2, -0.15) is 0 Å². The van der Waals surface area contributed by atoms with E-state index in [2.05, 4.69) is 15.0 Å². The molecule has 1 atom stereocenters. The minimum atomic E-state index is -4.70. The molecule has 2 rings (SSSR count). The van der Waals surface area contributed by atoms with E-state index in [1.54, 1.807) is 6.07 Å². The summed E-state index contributed by atoms with van der Waals surface area (Å²) in [5.41, 5.74) is 0.259. The predicted molar refractivity (Wildman–Crippen MR) is 66.1 cm³/mol. The Balaban J connectivity index is 2.15. The van der Waals surface area contributed by atoms with E-state index in [9.17, 15) is 13.2 Å². The summed E-state index contributed by atoms with van der Waals surface area (Å²) in [6.45, 7) is 1.94. The normalized spacial score (nSPS) is 19.6. The Morgan fingerprint density at radius 3 is 2.72 bits per heavy atom. The number of halogens is 3. The van der Waals surface area contributed by atoms with Crippen molar-refractivity contribution in [2.24, 2.45) is 4.99 Å². The van der Waals surface area contributed by atoms with Crippen LogP contribution in [0.5, 0.6) is 5.75 Å². The van der Waals surface area contributed by atoms with E-state index in [0.29, 0.717) is 5.17 Å². The lowest BCUT2D eigenvalue weighted by atomic mass is 10.3. The van der Waals surface area contributed by atoms with Crippen LogP contribution in [-0.4, -0.2) is 23.3 Å². The van der Waals surface area contributed by atoms with Crippen molar-refractivity contribution in [2.45, 2.75) is 19.3 Å². The van der Waals surface area contributed by atoms with Crippen LogP contribution in [-0.2, 0) is 0 Å². The molecule has 0 spiro atoms. The number of thioether (sulfide) groups is 1. The molecule has 0 bridgehead atoms. The fourth-order valence-electron chi connectivity index (χ4n) is 1.44. The van der Waals surface area contributed by atoms with Gasteiger partial charge in [0.05, 0.1) is 11.7 Å². The van der Waals surface area contributed by atoms with Gasteiger partial charge in [-0.25, -0.2) is 0 Å². The molecule has 0 radical (unpaired) electrons. The van der Waals surface area contributed by atoms with Crippen LogP contribution in [0.1, 0.15) is 6.92 Å². The maximum atomic E-state index is 12.2. The summed E-state index contributed by atoms with van der Waals surface area (Å²) < 4.78 is 40.6. The van der Waals surface area contributed by atoms with Crippen LogP contribution in [0.4, 0.5) is 18.9 Å². The number of benzene rings is 1. The summed E-state index contributed by atoms with van der Waals surface area (Å²) in [6.07, 6.45) is -4.70. The molecular formula is C11H11F3N2OS. The van der Waals surface area contributed by atoms with Crippen molar-refractivity contribution in [1.82, 2.24) is 0 Å². The van der Waals surface area contributed by atoms with Gasteiger partial charge >= 0.3 is 6.36 Å². The van der Waals surface area contributed by atoms with E-state index in [0.717, 1.165) is 5.75 Å². The monoisotopic (exact) mass is 276 g/mol. The summed E-state index contributed by atoms with van der Waals surface area (Å²) in [5, 5.41) is 3.46. The summed E-state index contributed by atoms with van der Waals surface area (Å²) >= 11 is 1.47. The number of nitrogens with zero attached hydrogens (tertiary/aromatic N) is 1. The summed E-state index contributed by atoms with van der Waals surface area (Å²) in [6, 6.07) is 6.08. The van der Waals surface area contributed by atoms with Crippen LogP contribution < -0.4 is 10.1 Å². The number of amidine groups is 1. The van der Waals surface area contributed by atoms with Crippen LogP contribution in [0.2, 0.25) is 0 Å². The van der Waals surface area contributed by atoms with Crippen molar-refractivity contribution in [3.05, 3.63) is 24.3 Å². The molecule has 0 aromatic heterocycles. The fraction of sp³-hybridized carbons (Fsp3) is 0.364. The van der Waals surface area contributed by atoms with E-state index in [4.69, 9.17) is 0 Å². The zero-order valence-corrected chi connectivity index (χ0v) is 10.3. The van der Waals surface area contributed by atoms with Crippen LogP contribution >= 0.6 is 11.8 Å². The molecule has 1 N–H and O–H groups in total. The number of nitrogens with one attached hydrogen (secondary N) is 1. The molecule has 1 aliphatic heterocycles. The van der Waals surface area contributed by atoms with Gasteiger partial charge in [-0.3, -0.25) is 4.99 Å². The van der Waals surface area contributed by atoms with Crippen molar-refractivity contribution in [3.63, 3.8) is 0 Å². The predicted octanol–water partition coefficient (Wildman–Crippen LogP) is 3.49. The molecular weight excluding hydrogens is 265 g/mol. The Hall–Kier alpha value is -1.37. The topological polar surface area (TPSA) is 33.6 Å².